The molecule has 0 unspecified atom stereocenters. The van der Waals surface area contributed by atoms with Crippen molar-refractivity contribution in [1.82, 2.24) is 29.5 Å². The number of amides is 2. The molecule has 1 N–H and O–H groups in total. The number of nitrogens with zero attached hydrogens (tertiary/aromatic N) is 5. The highest BCUT2D eigenvalue weighted by Gasteiger charge is 2.29. The van der Waals surface area contributed by atoms with E-state index in [0.717, 1.165) is 43.9 Å². The second-order valence-corrected chi connectivity index (χ2v) is 7.13. The highest BCUT2D eigenvalue weighted by molar-refractivity contribution is 5.74. The summed E-state index contributed by atoms with van der Waals surface area (Å²) in [6.07, 6.45) is 8.73. The number of carbonyl (C=O) groups is 1. The third-order valence-electron chi connectivity index (χ3n) is 4.73. The van der Waals surface area contributed by atoms with Crippen LogP contribution in [-0.4, -0.2) is 36.8 Å². The van der Waals surface area contributed by atoms with E-state index in [9.17, 15) is 4.79 Å². The van der Waals surface area contributed by atoms with Crippen LogP contribution in [-0.2, 0) is 20.1 Å². The number of aromatic nitrogens is 4. The molecule has 3 rings (SSSR count). The maximum atomic E-state index is 12.8. The van der Waals surface area contributed by atoms with Crippen molar-refractivity contribution in [3.05, 3.63) is 36.2 Å². The summed E-state index contributed by atoms with van der Waals surface area (Å²) in [5.41, 5.74) is 1.09. The minimum absolute atomic E-state index is 0.0232. The van der Waals surface area contributed by atoms with Gasteiger partial charge in [0.15, 0.2) is 0 Å². The first-order valence-electron chi connectivity index (χ1n) is 9.08. The average molecular weight is 344 g/mol. The van der Waals surface area contributed by atoms with E-state index < -0.39 is 0 Å². The molecule has 1 atom stereocenters. The van der Waals surface area contributed by atoms with Crippen molar-refractivity contribution >= 4 is 6.03 Å². The van der Waals surface area contributed by atoms with E-state index in [-0.39, 0.29) is 12.1 Å². The second-order valence-electron chi connectivity index (χ2n) is 7.13. The molecular weight excluding hydrogens is 316 g/mol. The third kappa shape index (κ3) is 4.03. The lowest BCUT2D eigenvalue weighted by atomic mass is 10.00. The molecular formula is C18H28N6O. The van der Waals surface area contributed by atoms with Crippen LogP contribution in [0, 0.1) is 5.92 Å². The molecule has 0 radical (unpaired) electrons. The molecule has 0 saturated carbocycles. The zero-order valence-electron chi connectivity index (χ0n) is 15.4. The molecule has 136 valence electrons. The Morgan fingerprint density at radius 1 is 1.36 bits per heavy atom. The number of nitrogens with one attached hydrogen (secondary N) is 1. The molecule has 2 aromatic heterocycles. The number of imidazole rings is 1. The Balaban J connectivity index is 1.65. The standard InChI is InChI=1S/C18H28N6O/c1-14(2)13-23-11-9-19-17(23)12-20-18(25)24-10-5-4-6-16(24)15-7-8-21-22(15)3/h7-9,11,14,16H,4-6,10,12-13H2,1-3H3,(H,20,25)/t16-/m1/s1. The molecule has 2 amide bonds. The summed E-state index contributed by atoms with van der Waals surface area (Å²) in [6, 6.07) is 2.08. The summed E-state index contributed by atoms with van der Waals surface area (Å²) in [4.78, 5) is 19.1. The maximum Gasteiger partial charge on any atom is 0.318 e. The second kappa shape index (κ2) is 7.72. The summed E-state index contributed by atoms with van der Waals surface area (Å²) >= 11 is 0. The Hall–Kier alpha value is -2.31. The first-order chi connectivity index (χ1) is 12.1. The molecule has 2 aromatic rings. The largest absolute Gasteiger partial charge is 0.333 e. The Morgan fingerprint density at radius 2 is 2.20 bits per heavy atom. The van der Waals surface area contributed by atoms with Gasteiger partial charge in [-0.15, -0.1) is 0 Å². The fraction of sp³-hybridized carbons (Fsp3) is 0.611. The van der Waals surface area contributed by atoms with Crippen molar-refractivity contribution in [1.29, 1.82) is 0 Å². The molecule has 1 saturated heterocycles. The molecule has 0 bridgehead atoms. The summed E-state index contributed by atoms with van der Waals surface area (Å²) in [6.45, 7) is 6.49. The lowest BCUT2D eigenvalue weighted by Crippen LogP contribution is -2.45. The molecule has 3 heterocycles. The lowest BCUT2D eigenvalue weighted by Gasteiger charge is -2.35. The van der Waals surface area contributed by atoms with Gasteiger partial charge in [0.05, 0.1) is 18.3 Å². The van der Waals surface area contributed by atoms with Crippen LogP contribution in [0.1, 0.15) is 50.7 Å². The van der Waals surface area contributed by atoms with Gasteiger partial charge < -0.3 is 14.8 Å². The first-order valence-corrected chi connectivity index (χ1v) is 9.08. The van der Waals surface area contributed by atoms with Crippen LogP contribution in [0.25, 0.3) is 0 Å². The molecule has 1 aliphatic heterocycles. The zero-order chi connectivity index (χ0) is 17.8. The summed E-state index contributed by atoms with van der Waals surface area (Å²) in [5.74, 6) is 1.44. The molecule has 1 fully saturated rings. The van der Waals surface area contributed by atoms with Crippen molar-refractivity contribution in [2.45, 2.75) is 52.2 Å². The van der Waals surface area contributed by atoms with Crippen LogP contribution < -0.4 is 5.32 Å². The van der Waals surface area contributed by atoms with Gasteiger partial charge in [0.1, 0.15) is 5.82 Å². The predicted octanol–water partition coefficient (Wildman–Crippen LogP) is 2.71. The number of rotatable bonds is 5. The van der Waals surface area contributed by atoms with Gasteiger partial charge in [-0.25, -0.2) is 9.78 Å². The van der Waals surface area contributed by atoms with Crippen LogP contribution >= 0.6 is 0 Å². The van der Waals surface area contributed by atoms with Gasteiger partial charge in [0, 0.05) is 38.7 Å². The highest BCUT2D eigenvalue weighted by atomic mass is 16.2. The smallest absolute Gasteiger partial charge is 0.318 e. The first kappa shape index (κ1) is 17.5. The number of aryl methyl sites for hydroxylation is 1. The van der Waals surface area contributed by atoms with Gasteiger partial charge >= 0.3 is 6.03 Å². The summed E-state index contributed by atoms with van der Waals surface area (Å²) in [5, 5.41) is 7.31. The van der Waals surface area contributed by atoms with Crippen molar-refractivity contribution in [2.24, 2.45) is 13.0 Å². The quantitative estimate of drug-likeness (QED) is 0.907. The zero-order valence-corrected chi connectivity index (χ0v) is 15.4. The van der Waals surface area contributed by atoms with E-state index >= 15 is 0 Å². The number of carbonyl (C=O) groups excluding carboxylic acids is 1. The highest BCUT2D eigenvalue weighted by Crippen LogP contribution is 2.30. The van der Waals surface area contributed by atoms with Crippen molar-refractivity contribution in [3.8, 4) is 0 Å². The van der Waals surface area contributed by atoms with E-state index in [4.69, 9.17) is 0 Å². The Morgan fingerprint density at radius 3 is 2.92 bits per heavy atom. The normalized spacial score (nSPS) is 17.9. The molecule has 7 nitrogen and oxygen atoms in total. The fourth-order valence-corrected chi connectivity index (χ4v) is 3.52. The number of hydrogen-bond donors (Lipinski definition) is 1. The van der Waals surface area contributed by atoms with E-state index in [2.05, 4.69) is 33.8 Å². The van der Waals surface area contributed by atoms with E-state index in [1.54, 1.807) is 12.4 Å². The van der Waals surface area contributed by atoms with Gasteiger partial charge in [-0.05, 0) is 31.2 Å². The molecule has 0 spiro atoms. The minimum atomic E-state index is -0.0232. The molecule has 0 aromatic carbocycles. The van der Waals surface area contributed by atoms with E-state index in [1.165, 1.54) is 0 Å². The van der Waals surface area contributed by atoms with Crippen LogP contribution in [0.15, 0.2) is 24.7 Å². The number of piperidine rings is 1. The molecule has 25 heavy (non-hydrogen) atoms. The average Bonchev–Trinajstić information content (AvgIpc) is 3.21. The van der Waals surface area contributed by atoms with Crippen molar-refractivity contribution in [2.75, 3.05) is 6.54 Å². The third-order valence-corrected chi connectivity index (χ3v) is 4.73. The van der Waals surface area contributed by atoms with Gasteiger partial charge in [-0.3, -0.25) is 4.68 Å². The number of hydrogen-bond acceptors (Lipinski definition) is 3. The van der Waals surface area contributed by atoms with E-state index in [1.807, 2.05) is 28.9 Å². The maximum absolute atomic E-state index is 12.8. The SMILES string of the molecule is CC(C)Cn1ccnc1CNC(=O)N1CCCC[C@@H]1c1ccnn1C. The topological polar surface area (TPSA) is 68.0 Å². The minimum Gasteiger partial charge on any atom is -0.333 e. The lowest BCUT2D eigenvalue weighted by molar-refractivity contribution is 0.147. The Bertz CT molecular complexity index is 704. The van der Waals surface area contributed by atoms with Crippen LogP contribution in [0.4, 0.5) is 4.79 Å². The number of likely N-dealkylation sites (tertiary alicyclic amines) is 1. The van der Waals surface area contributed by atoms with E-state index in [0.29, 0.717) is 12.5 Å². The Labute approximate surface area is 149 Å². The summed E-state index contributed by atoms with van der Waals surface area (Å²) in [7, 11) is 1.93. The van der Waals surface area contributed by atoms with Crippen LogP contribution in [0.2, 0.25) is 0 Å². The summed E-state index contributed by atoms with van der Waals surface area (Å²) < 4.78 is 3.98. The van der Waals surface area contributed by atoms with Gasteiger partial charge in [-0.2, -0.15) is 5.10 Å². The van der Waals surface area contributed by atoms with Crippen LogP contribution in [0.5, 0.6) is 0 Å². The molecule has 7 heteroatoms. The number of urea groups is 1. The van der Waals surface area contributed by atoms with Gasteiger partial charge in [-0.1, -0.05) is 13.8 Å². The monoisotopic (exact) mass is 344 g/mol. The molecule has 0 aliphatic carbocycles. The molecule has 1 aliphatic rings. The van der Waals surface area contributed by atoms with Crippen molar-refractivity contribution in [3.63, 3.8) is 0 Å². The van der Waals surface area contributed by atoms with Crippen molar-refractivity contribution < 1.29 is 4.79 Å². The van der Waals surface area contributed by atoms with Gasteiger partial charge in [0.2, 0.25) is 0 Å². The van der Waals surface area contributed by atoms with Gasteiger partial charge in [0.25, 0.3) is 0 Å². The fourth-order valence-electron chi connectivity index (χ4n) is 3.52. The van der Waals surface area contributed by atoms with Crippen LogP contribution in [0.3, 0.4) is 0 Å². The Kier molecular flexibility index (Phi) is 5.40. The predicted molar refractivity (Wildman–Crippen MR) is 95.8 cm³/mol.